The normalized spacial score (nSPS) is 21.6. The van der Waals surface area contributed by atoms with Gasteiger partial charge < -0.3 is 0 Å². The van der Waals surface area contributed by atoms with Gasteiger partial charge in [-0.05, 0) is 35.0 Å². The van der Waals surface area contributed by atoms with Crippen LogP contribution in [0.25, 0.3) is 0 Å². The number of hydrogen-bond donors (Lipinski definition) is 0. The zero-order valence-corrected chi connectivity index (χ0v) is 8.68. The molecule has 0 saturated carbocycles. The quantitative estimate of drug-likeness (QED) is 0.617. The summed E-state index contributed by atoms with van der Waals surface area (Å²) in [6, 6.07) is 0. The lowest BCUT2D eigenvalue weighted by Crippen LogP contribution is -2.12. The van der Waals surface area contributed by atoms with Crippen LogP contribution in [0.4, 0.5) is 0 Å². The van der Waals surface area contributed by atoms with Crippen LogP contribution < -0.4 is 0 Å². The minimum Gasteiger partial charge on any atom is -0.256 e. The minimum absolute atomic E-state index is 0.211. The summed E-state index contributed by atoms with van der Waals surface area (Å²) in [6.45, 7) is 6.35. The molecule has 12 heavy (non-hydrogen) atoms. The van der Waals surface area contributed by atoms with Crippen molar-refractivity contribution in [3.05, 3.63) is 23.5 Å². The van der Waals surface area contributed by atoms with Crippen molar-refractivity contribution in [2.45, 2.75) is 27.2 Å². The SMILES string of the molecule is CC1=C(O[PH+]=O)C=CC(C)(C)C1. The van der Waals surface area contributed by atoms with Gasteiger partial charge in [-0.25, -0.2) is 0 Å². The van der Waals surface area contributed by atoms with E-state index < -0.39 is 8.69 Å². The van der Waals surface area contributed by atoms with E-state index in [1.807, 2.05) is 13.0 Å². The second kappa shape index (κ2) is 3.40. The number of allylic oxidation sites excluding steroid dienone is 3. The molecule has 0 fully saturated rings. The van der Waals surface area contributed by atoms with E-state index in [1.54, 1.807) is 0 Å². The highest BCUT2D eigenvalue weighted by Gasteiger charge is 2.22. The van der Waals surface area contributed by atoms with Gasteiger partial charge in [-0.15, -0.1) is 0 Å². The molecule has 1 rings (SSSR count). The highest BCUT2D eigenvalue weighted by Crippen LogP contribution is 2.34. The lowest BCUT2D eigenvalue weighted by atomic mass is 9.82. The van der Waals surface area contributed by atoms with Crippen molar-refractivity contribution >= 4 is 8.69 Å². The highest BCUT2D eigenvalue weighted by atomic mass is 31.1. The van der Waals surface area contributed by atoms with E-state index in [0.717, 1.165) is 12.2 Å². The van der Waals surface area contributed by atoms with Gasteiger partial charge in [-0.3, -0.25) is 4.52 Å². The highest BCUT2D eigenvalue weighted by molar-refractivity contribution is 7.17. The van der Waals surface area contributed by atoms with E-state index in [9.17, 15) is 4.57 Å². The van der Waals surface area contributed by atoms with Crippen molar-refractivity contribution in [2.75, 3.05) is 0 Å². The van der Waals surface area contributed by atoms with Crippen molar-refractivity contribution in [3.8, 4) is 0 Å². The lowest BCUT2D eigenvalue weighted by Gasteiger charge is -2.24. The van der Waals surface area contributed by atoms with Gasteiger partial charge in [0.15, 0.2) is 5.76 Å². The fourth-order valence-corrected chi connectivity index (χ4v) is 1.77. The fraction of sp³-hybridized carbons (Fsp3) is 0.556. The Labute approximate surface area is 74.6 Å². The first-order chi connectivity index (χ1) is 5.55. The molecule has 2 nitrogen and oxygen atoms in total. The standard InChI is InChI=1S/C9H14O2P/c1-7-6-9(2,3)5-4-8(7)11-12-10/h4-5,12H,6H2,1-3H3/q+1. The van der Waals surface area contributed by atoms with E-state index in [4.69, 9.17) is 4.52 Å². The molecule has 0 bridgehead atoms. The Hall–Kier alpha value is -0.620. The molecule has 1 atom stereocenters. The van der Waals surface area contributed by atoms with E-state index in [-0.39, 0.29) is 5.41 Å². The van der Waals surface area contributed by atoms with Crippen molar-refractivity contribution < 1.29 is 9.09 Å². The van der Waals surface area contributed by atoms with Crippen LogP contribution >= 0.6 is 8.69 Å². The van der Waals surface area contributed by atoms with Gasteiger partial charge in [-0.1, -0.05) is 19.9 Å². The molecule has 0 spiro atoms. The van der Waals surface area contributed by atoms with Crippen LogP contribution in [-0.4, -0.2) is 0 Å². The third-order valence-corrected chi connectivity index (χ3v) is 2.28. The molecule has 3 heteroatoms. The molecule has 0 aliphatic heterocycles. The molecule has 0 aromatic heterocycles. The summed E-state index contributed by atoms with van der Waals surface area (Å²) in [5.74, 6) is 0.766. The molecule has 0 radical (unpaired) electrons. The molecule has 0 aromatic rings. The summed E-state index contributed by atoms with van der Waals surface area (Å²) < 4.78 is 15.2. The van der Waals surface area contributed by atoms with E-state index in [1.165, 1.54) is 5.57 Å². The molecule has 66 valence electrons. The maximum absolute atomic E-state index is 10.2. The Balaban J connectivity index is 2.80. The van der Waals surface area contributed by atoms with Gasteiger partial charge >= 0.3 is 8.69 Å². The molecule has 0 aromatic carbocycles. The summed E-state index contributed by atoms with van der Waals surface area (Å²) in [5.41, 5.74) is 1.38. The van der Waals surface area contributed by atoms with Gasteiger partial charge in [-0.2, -0.15) is 0 Å². The van der Waals surface area contributed by atoms with Crippen molar-refractivity contribution in [3.63, 3.8) is 0 Å². The van der Waals surface area contributed by atoms with Gasteiger partial charge in [0.25, 0.3) is 0 Å². The predicted molar refractivity (Wildman–Crippen MR) is 50.3 cm³/mol. The van der Waals surface area contributed by atoms with Crippen LogP contribution in [0.2, 0.25) is 0 Å². The molecule has 0 amide bonds. The van der Waals surface area contributed by atoms with Gasteiger partial charge in [0.05, 0.1) is 0 Å². The fourth-order valence-electron chi connectivity index (χ4n) is 1.44. The Morgan fingerprint density at radius 3 is 2.75 bits per heavy atom. The summed E-state index contributed by atoms with van der Waals surface area (Å²) >= 11 is 0. The maximum atomic E-state index is 10.2. The number of hydrogen-bond acceptors (Lipinski definition) is 2. The Kier molecular flexibility index (Phi) is 2.69. The van der Waals surface area contributed by atoms with Crippen molar-refractivity contribution in [2.24, 2.45) is 5.41 Å². The molecule has 1 aliphatic rings. The maximum Gasteiger partial charge on any atom is 0.542 e. The lowest BCUT2D eigenvalue weighted by molar-refractivity contribution is 0.410. The first-order valence-corrected chi connectivity index (χ1v) is 4.80. The Bertz CT molecular complexity index is 251. The first-order valence-electron chi connectivity index (χ1n) is 3.98. The first kappa shape index (κ1) is 9.47. The van der Waals surface area contributed by atoms with Crippen molar-refractivity contribution in [1.82, 2.24) is 0 Å². The third kappa shape index (κ3) is 2.18. The largest absolute Gasteiger partial charge is 0.542 e. The number of rotatable bonds is 2. The Morgan fingerprint density at radius 1 is 1.58 bits per heavy atom. The van der Waals surface area contributed by atoms with Crippen LogP contribution in [0.3, 0.4) is 0 Å². The molecule has 1 aliphatic carbocycles. The summed E-state index contributed by atoms with van der Waals surface area (Å²) in [5, 5.41) is 0. The smallest absolute Gasteiger partial charge is 0.256 e. The van der Waals surface area contributed by atoms with E-state index >= 15 is 0 Å². The van der Waals surface area contributed by atoms with E-state index in [2.05, 4.69) is 19.9 Å². The van der Waals surface area contributed by atoms with Crippen LogP contribution in [0.15, 0.2) is 23.5 Å². The minimum atomic E-state index is -0.703. The van der Waals surface area contributed by atoms with E-state index in [0.29, 0.717) is 0 Å². The Morgan fingerprint density at radius 2 is 2.25 bits per heavy atom. The van der Waals surface area contributed by atoms with Crippen LogP contribution in [0.5, 0.6) is 0 Å². The summed E-state index contributed by atoms with van der Waals surface area (Å²) in [7, 11) is -0.703. The average Bonchev–Trinajstić information content (AvgIpc) is 1.94. The summed E-state index contributed by atoms with van der Waals surface area (Å²) in [4.78, 5) is 0. The average molecular weight is 185 g/mol. The topological polar surface area (TPSA) is 26.3 Å². The zero-order valence-electron chi connectivity index (χ0n) is 7.68. The van der Waals surface area contributed by atoms with Gasteiger partial charge in [0, 0.05) is 0 Å². The monoisotopic (exact) mass is 185 g/mol. The molecular weight excluding hydrogens is 171 g/mol. The third-order valence-electron chi connectivity index (χ3n) is 1.98. The molecule has 0 heterocycles. The molecular formula is C9H14O2P+. The van der Waals surface area contributed by atoms with Crippen molar-refractivity contribution in [1.29, 1.82) is 0 Å². The zero-order chi connectivity index (χ0) is 9.19. The van der Waals surface area contributed by atoms with Crippen LogP contribution in [-0.2, 0) is 9.09 Å². The van der Waals surface area contributed by atoms with Crippen LogP contribution in [0, 0.1) is 5.41 Å². The van der Waals surface area contributed by atoms with Gasteiger partial charge in [0.2, 0.25) is 0 Å². The summed E-state index contributed by atoms with van der Waals surface area (Å²) in [6.07, 6.45) is 4.97. The predicted octanol–water partition coefficient (Wildman–Crippen LogP) is 3.20. The molecule has 0 N–H and O–H groups in total. The molecule has 1 unspecified atom stereocenters. The van der Waals surface area contributed by atoms with Gasteiger partial charge in [0.1, 0.15) is 0 Å². The second-order valence-electron chi connectivity index (χ2n) is 3.83. The molecule has 0 saturated heterocycles. The van der Waals surface area contributed by atoms with Crippen LogP contribution in [0.1, 0.15) is 27.2 Å². The second-order valence-corrected chi connectivity index (χ2v) is 4.20.